The number of rotatable bonds is 6. The molecule has 0 bridgehead atoms. The second kappa shape index (κ2) is 6.06. The highest BCUT2D eigenvalue weighted by Crippen LogP contribution is 2.58. The van der Waals surface area contributed by atoms with Gasteiger partial charge in [0.2, 0.25) is 0 Å². The molecule has 1 atom stereocenters. The van der Waals surface area contributed by atoms with Crippen molar-refractivity contribution in [2.45, 2.75) is 26.1 Å². The van der Waals surface area contributed by atoms with E-state index in [-0.39, 0.29) is 0 Å². The lowest BCUT2D eigenvalue weighted by atomic mass is 10.1. The predicted octanol–water partition coefficient (Wildman–Crippen LogP) is 2.84. The predicted molar refractivity (Wildman–Crippen MR) is 73.4 cm³/mol. The Bertz CT molecular complexity index is 482. The topological polar surface area (TPSA) is 70.8 Å². The molecule has 1 aliphatic rings. The largest absolute Gasteiger partial charge is 0.493 e. The Morgan fingerprint density at radius 3 is 2.68 bits per heavy atom. The van der Waals surface area contributed by atoms with E-state index in [9.17, 15) is 4.57 Å². The molecule has 5 nitrogen and oxygen atoms in total. The van der Waals surface area contributed by atoms with Crippen LogP contribution >= 0.6 is 7.60 Å². The molecule has 1 aromatic carbocycles. The number of benzene rings is 1. The van der Waals surface area contributed by atoms with Crippen LogP contribution in [0.15, 0.2) is 18.2 Å². The Labute approximate surface area is 113 Å². The molecule has 0 radical (unpaired) electrons. The van der Waals surface area contributed by atoms with Gasteiger partial charge in [0.25, 0.3) is 0 Å². The molecule has 19 heavy (non-hydrogen) atoms. The van der Waals surface area contributed by atoms with Crippen LogP contribution in [0.4, 0.5) is 0 Å². The van der Waals surface area contributed by atoms with Crippen LogP contribution in [-0.4, -0.2) is 19.8 Å². The van der Waals surface area contributed by atoms with Crippen molar-refractivity contribution in [3.05, 3.63) is 29.3 Å². The first-order valence-electron chi connectivity index (χ1n) is 6.50. The van der Waals surface area contributed by atoms with E-state index in [2.05, 4.69) is 0 Å². The van der Waals surface area contributed by atoms with Gasteiger partial charge in [-0.25, -0.2) is 0 Å². The summed E-state index contributed by atoms with van der Waals surface area (Å²) in [6.45, 7) is 4.84. The minimum Gasteiger partial charge on any atom is -0.493 e. The maximum atomic E-state index is 12.6. The average Bonchev–Trinajstić information content (AvgIpc) is 2.85. The van der Waals surface area contributed by atoms with Crippen molar-refractivity contribution in [2.75, 3.05) is 19.8 Å². The fraction of sp³-hybridized carbons (Fsp3) is 0.538. The van der Waals surface area contributed by atoms with Crippen molar-refractivity contribution in [1.29, 1.82) is 0 Å². The molecule has 2 rings (SSSR count). The molecule has 6 heteroatoms. The van der Waals surface area contributed by atoms with Crippen LogP contribution in [-0.2, 0) is 20.0 Å². The zero-order chi connectivity index (χ0) is 13.9. The fourth-order valence-electron chi connectivity index (χ4n) is 2.13. The van der Waals surface area contributed by atoms with Gasteiger partial charge in [-0.05, 0) is 37.1 Å². The normalized spacial score (nSPS) is 15.9. The molecule has 1 aliphatic heterocycles. The maximum Gasteiger partial charge on any atom is 0.351 e. The van der Waals surface area contributed by atoms with Gasteiger partial charge < -0.3 is 19.5 Å². The molecule has 0 saturated carbocycles. The molecule has 0 aromatic heterocycles. The van der Waals surface area contributed by atoms with Crippen molar-refractivity contribution in [3.8, 4) is 5.75 Å². The lowest BCUT2D eigenvalue weighted by Crippen LogP contribution is -2.15. The molecule has 0 fully saturated rings. The summed E-state index contributed by atoms with van der Waals surface area (Å²) < 4.78 is 28.6. The highest BCUT2D eigenvalue weighted by Gasteiger charge is 2.34. The highest BCUT2D eigenvalue weighted by atomic mass is 31.2. The van der Waals surface area contributed by atoms with Gasteiger partial charge in [0, 0.05) is 6.42 Å². The van der Waals surface area contributed by atoms with Crippen LogP contribution in [0.25, 0.3) is 0 Å². The summed E-state index contributed by atoms with van der Waals surface area (Å²) in [6, 6.07) is 5.61. The Balaban J connectivity index is 2.26. The first-order chi connectivity index (χ1) is 9.10. The highest BCUT2D eigenvalue weighted by molar-refractivity contribution is 7.54. The van der Waals surface area contributed by atoms with E-state index in [1.165, 1.54) is 0 Å². The van der Waals surface area contributed by atoms with Crippen molar-refractivity contribution >= 4 is 7.60 Å². The third-order valence-electron chi connectivity index (χ3n) is 3.01. The Morgan fingerprint density at radius 2 is 2.05 bits per heavy atom. The van der Waals surface area contributed by atoms with Crippen LogP contribution in [0.3, 0.4) is 0 Å². The van der Waals surface area contributed by atoms with E-state index < -0.39 is 13.4 Å². The smallest absolute Gasteiger partial charge is 0.351 e. The second-order valence-corrected chi connectivity index (χ2v) is 6.44. The Morgan fingerprint density at radius 1 is 1.37 bits per heavy atom. The summed E-state index contributed by atoms with van der Waals surface area (Å²) in [5.74, 6) is 0.108. The standard InChI is InChI=1S/C13H20NO4P/c1-3-17-19(15,18-4-2)13(14)11-5-6-12-10(9-11)7-8-16-12/h5-6,9,13H,3-4,7-8,14H2,1-2H3/t13-/m1/s1. The third kappa shape index (κ3) is 3.00. The molecule has 0 amide bonds. The minimum atomic E-state index is -3.32. The van der Waals surface area contributed by atoms with Crippen molar-refractivity contribution in [3.63, 3.8) is 0 Å². The van der Waals surface area contributed by atoms with Crippen LogP contribution in [0.5, 0.6) is 5.75 Å². The summed E-state index contributed by atoms with van der Waals surface area (Å²) in [5.41, 5.74) is 7.93. The second-order valence-electron chi connectivity index (χ2n) is 4.29. The van der Waals surface area contributed by atoms with Gasteiger partial charge >= 0.3 is 7.60 Å². The zero-order valence-corrected chi connectivity index (χ0v) is 12.2. The van der Waals surface area contributed by atoms with Gasteiger partial charge in [-0.15, -0.1) is 0 Å². The van der Waals surface area contributed by atoms with Crippen molar-refractivity contribution in [1.82, 2.24) is 0 Å². The first kappa shape index (κ1) is 14.5. The van der Waals surface area contributed by atoms with Gasteiger partial charge in [0.15, 0.2) is 0 Å². The molecule has 1 aromatic rings. The molecule has 0 saturated heterocycles. The van der Waals surface area contributed by atoms with E-state index in [0.717, 1.165) is 23.3 Å². The molecule has 0 aliphatic carbocycles. The molecule has 1 heterocycles. The molecule has 0 unspecified atom stereocenters. The van der Waals surface area contributed by atoms with Crippen molar-refractivity contribution in [2.24, 2.45) is 5.73 Å². The quantitative estimate of drug-likeness (QED) is 0.814. The van der Waals surface area contributed by atoms with E-state index in [1.54, 1.807) is 13.8 Å². The molecule has 2 N–H and O–H groups in total. The SMILES string of the molecule is CCOP(=O)(OCC)[C@@H](N)c1ccc2c(c1)CCO2. The molecular weight excluding hydrogens is 265 g/mol. The summed E-state index contributed by atoms with van der Waals surface area (Å²) in [4.78, 5) is 0. The molecular formula is C13H20NO4P. The number of nitrogens with two attached hydrogens (primary N) is 1. The van der Waals surface area contributed by atoms with Gasteiger partial charge in [0.05, 0.1) is 19.8 Å². The summed E-state index contributed by atoms with van der Waals surface area (Å²) in [6.07, 6.45) is 0.851. The Kier molecular flexibility index (Phi) is 4.63. The number of hydrogen-bond acceptors (Lipinski definition) is 5. The van der Waals surface area contributed by atoms with Crippen LogP contribution in [0.2, 0.25) is 0 Å². The number of fused-ring (bicyclic) bond motifs is 1. The van der Waals surface area contributed by atoms with E-state index in [1.807, 2.05) is 18.2 Å². The Hall–Kier alpha value is -0.870. The monoisotopic (exact) mass is 285 g/mol. The minimum absolute atomic E-state index is 0.305. The van der Waals surface area contributed by atoms with Crippen LogP contribution in [0.1, 0.15) is 30.8 Å². The first-order valence-corrected chi connectivity index (χ1v) is 8.12. The van der Waals surface area contributed by atoms with Gasteiger partial charge in [-0.2, -0.15) is 0 Å². The third-order valence-corrected chi connectivity index (χ3v) is 5.23. The van der Waals surface area contributed by atoms with Crippen molar-refractivity contribution < 1.29 is 18.3 Å². The zero-order valence-electron chi connectivity index (χ0n) is 11.3. The average molecular weight is 285 g/mol. The summed E-state index contributed by atoms with van der Waals surface area (Å²) in [7, 11) is -3.32. The number of hydrogen-bond donors (Lipinski definition) is 1. The van der Waals surface area contributed by atoms with Gasteiger partial charge in [0.1, 0.15) is 11.5 Å². The number of ether oxygens (including phenoxy) is 1. The van der Waals surface area contributed by atoms with E-state index in [4.69, 9.17) is 19.5 Å². The fourth-order valence-corrected chi connectivity index (χ4v) is 3.77. The van der Waals surface area contributed by atoms with Crippen LogP contribution in [0, 0.1) is 0 Å². The maximum absolute atomic E-state index is 12.6. The van der Waals surface area contributed by atoms with Crippen LogP contribution < -0.4 is 10.5 Å². The summed E-state index contributed by atoms with van der Waals surface area (Å²) in [5, 5.41) is 0. The summed E-state index contributed by atoms with van der Waals surface area (Å²) >= 11 is 0. The van der Waals surface area contributed by atoms with E-state index >= 15 is 0 Å². The van der Waals surface area contributed by atoms with E-state index in [0.29, 0.717) is 19.8 Å². The lowest BCUT2D eigenvalue weighted by Gasteiger charge is -2.23. The molecule has 0 spiro atoms. The van der Waals surface area contributed by atoms with Gasteiger partial charge in [-0.1, -0.05) is 6.07 Å². The van der Waals surface area contributed by atoms with Gasteiger partial charge in [-0.3, -0.25) is 4.57 Å². The lowest BCUT2D eigenvalue weighted by molar-refractivity contribution is 0.212. The molecule has 106 valence electrons.